The lowest BCUT2D eigenvalue weighted by atomic mass is 9.85. The average Bonchev–Trinajstić information content (AvgIpc) is 2.94. The lowest BCUT2D eigenvalue weighted by Gasteiger charge is -2.14. The second-order valence-corrected chi connectivity index (χ2v) is 7.04. The molecule has 1 aliphatic carbocycles. The van der Waals surface area contributed by atoms with E-state index in [2.05, 4.69) is 5.32 Å². The van der Waals surface area contributed by atoms with Crippen LogP contribution in [-0.2, 0) is 20.8 Å². The minimum absolute atomic E-state index is 0.125. The summed E-state index contributed by atoms with van der Waals surface area (Å²) in [7, 11) is 1.64. The molecular formula is C21H26N2O4. The molecule has 0 aromatic heterocycles. The number of allylic oxidation sites excluding steroid dienone is 2. The van der Waals surface area contributed by atoms with Gasteiger partial charge in [-0.15, -0.1) is 0 Å². The predicted octanol–water partition coefficient (Wildman–Crippen LogP) is 2.09. The smallest absolute Gasteiger partial charge is 0.233 e. The zero-order valence-corrected chi connectivity index (χ0v) is 15.6. The van der Waals surface area contributed by atoms with Gasteiger partial charge in [-0.25, -0.2) is 0 Å². The summed E-state index contributed by atoms with van der Waals surface area (Å²) < 4.78 is 5.20. The van der Waals surface area contributed by atoms with Crippen LogP contribution in [0.4, 0.5) is 0 Å². The Labute approximate surface area is 159 Å². The van der Waals surface area contributed by atoms with E-state index in [0.717, 1.165) is 24.2 Å². The fourth-order valence-electron chi connectivity index (χ4n) is 3.74. The van der Waals surface area contributed by atoms with Gasteiger partial charge < -0.3 is 10.1 Å². The molecule has 1 saturated heterocycles. The molecule has 1 aromatic rings. The molecule has 2 atom stereocenters. The molecule has 1 heterocycles. The minimum Gasteiger partial charge on any atom is -0.497 e. The second kappa shape index (κ2) is 8.84. The molecule has 1 fully saturated rings. The van der Waals surface area contributed by atoms with Gasteiger partial charge in [0.2, 0.25) is 17.7 Å². The second-order valence-electron chi connectivity index (χ2n) is 7.04. The number of nitrogens with zero attached hydrogens (tertiary/aromatic N) is 1. The first-order chi connectivity index (χ1) is 13.1. The summed E-state index contributed by atoms with van der Waals surface area (Å²) in [4.78, 5) is 38.0. The number of aryl methyl sites for hydroxylation is 1. The van der Waals surface area contributed by atoms with Gasteiger partial charge in [-0.2, -0.15) is 0 Å². The highest BCUT2D eigenvalue weighted by Gasteiger charge is 2.46. The van der Waals surface area contributed by atoms with Crippen molar-refractivity contribution in [3.05, 3.63) is 42.0 Å². The Morgan fingerprint density at radius 2 is 1.89 bits per heavy atom. The zero-order chi connectivity index (χ0) is 19.2. The van der Waals surface area contributed by atoms with E-state index >= 15 is 0 Å². The van der Waals surface area contributed by atoms with Gasteiger partial charge in [-0.1, -0.05) is 24.3 Å². The summed E-state index contributed by atoms with van der Waals surface area (Å²) >= 11 is 0. The molecule has 0 unspecified atom stereocenters. The number of carbonyl (C=O) groups is 3. The van der Waals surface area contributed by atoms with Crippen LogP contribution in [0.2, 0.25) is 0 Å². The highest BCUT2D eigenvalue weighted by atomic mass is 16.5. The number of amides is 3. The first-order valence-corrected chi connectivity index (χ1v) is 9.50. The van der Waals surface area contributed by atoms with Crippen LogP contribution in [-0.4, -0.2) is 42.8 Å². The van der Waals surface area contributed by atoms with Crippen molar-refractivity contribution in [2.45, 2.75) is 32.1 Å². The molecule has 6 heteroatoms. The Morgan fingerprint density at radius 3 is 2.56 bits per heavy atom. The van der Waals surface area contributed by atoms with Crippen molar-refractivity contribution in [1.82, 2.24) is 10.2 Å². The standard InChI is InChI=1S/C21H26N2O4/c1-27-16-8-4-6-15(14-16)7-5-12-22-19(24)11-13-23-20(25)17-9-2-3-10-18(17)21(23)26/h2-4,6,8,14,17-18H,5,7,9-13H2,1H3,(H,22,24)/t17-,18+. The van der Waals surface area contributed by atoms with Crippen LogP contribution in [0, 0.1) is 11.8 Å². The summed E-state index contributed by atoms with van der Waals surface area (Å²) in [6.07, 6.45) is 7.00. The molecule has 2 aliphatic rings. The highest BCUT2D eigenvalue weighted by molar-refractivity contribution is 6.05. The van der Waals surface area contributed by atoms with E-state index in [1.807, 2.05) is 36.4 Å². The summed E-state index contributed by atoms with van der Waals surface area (Å²) in [5.41, 5.74) is 1.16. The minimum atomic E-state index is -0.228. The third-order valence-corrected chi connectivity index (χ3v) is 5.26. The van der Waals surface area contributed by atoms with Crippen LogP contribution in [0.3, 0.4) is 0 Å². The number of imide groups is 1. The molecule has 3 amide bonds. The maximum absolute atomic E-state index is 12.4. The van der Waals surface area contributed by atoms with Crippen LogP contribution in [0.25, 0.3) is 0 Å². The number of hydrogen-bond donors (Lipinski definition) is 1. The normalized spacial score (nSPS) is 21.3. The molecule has 3 rings (SSSR count). The van der Waals surface area contributed by atoms with Crippen LogP contribution >= 0.6 is 0 Å². The van der Waals surface area contributed by atoms with Crippen molar-refractivity contribution in [2.75, 3.05) is 20.2 Å². The van der Waals surface area contributed by atoms with Crippen molar-refractivity contribution >= 4 is 17.7 Å². The average molecular weight is 370 g/mol. The molecule has 0 bridgehead atoms. The summed E-state index contributed by atoms with van der Waals surface area (Å²) in [6, 6.07) is 7.87. The lowest BCUT2D eigenvalue weighted by Crippen LogP contribution is -2.35. The number of methoxy groups -OCH3 is 1. The first kappa shape index (κ1) is 19.1. The molecule has 27 heavy (non-hydrogen) atoms. The number of hydrogen-bond acceptors (Lipinski definition) is 4. The van der Waals surface area contributed by atoms with Crippen LogP contribution in [0.15, 0.2) is 36.4 Å². The third-order valence-electron chi connectivity index (χ3n) is 5.26. The summed E-state index contributed by atoms with van der Waals surface area (Å²) in [5.74, 6) is -0.0105. The van der Waals surface area contributed by atoms with Gasteiger partial charge in [0.25, 0.3) is 0 Å². The number of ether oxygens (including phenoxy) is 1. The number of benzene rings is 1. The van der Waals surface area contributed by atoms with Crippen molar-refractivity contribution in [1.29, 1.82) is 0 Å². The Morgan fingerprint density at radius 1 is 1.19 bits per heavy atom. The maximum Gasteiger partial charge on any atom is 0.233 e. The molecule has 1 N–H and O–H groups in total. The molecule has 144 valence electrons. The van der Waals surface area contributed by atoms with E-state index in [1.165, 1.54) is 4.90 Å². The fraction of sp³-hybridized carbons (Fsp3) is 0.476. The van der Waals surface area contributed by atoms with Gasteiger partial charge in [-0.3, -0.25) is 19.3 Å². The Balaban J connectivity index is 1.37. The van der Waals surface area contributed by atoms with Gasteiger partial charge in [0, 0.05) is 19.5 Å². The molecule has 0 spiro atoms. The number of carbonyl (C=O) groups excluding carboxylic acids is 3. The number of nitrogens with one attached hydrogen (secondary N) is 1. The van der Waals surface area contributed by atoms with E-state index in [9.17, 15) is 14.4 Å². The molecule has 0 radical (unpaired) electrons. The fourth-order valence-corrected chi connectivity index (χ4v) is 3.74. The first-order valence-electron chi connectivity index (χ1n) is 9.50. The van der Waals surface area contributed by atoms with E-state index in [4.69, 9.17) is 4.74 Å². The molecular weight excluding hydrogens is 344 g/mol. The summed E-state index contributed by atoms with van der Waals surface area (Å²) in [6.45, 7) is 0.736. The van der Waals surface area contributed by atoms with Gasteiger partial charge in [-0.05, 0) is 43.4 Å². The topological polar surface area (TPSA) is 75.7 Å². The van der Waals surface area contributed by atoms with E-state index in [1.54, 1.807) is 7.11 Å². The predicted molar refractivity (Wildman–Crippen MR) is 101 cm³/mol. The largest absolute Gasteiger partial charge is 0.497 e. The Kier molecular flexibility index (Phi) is 6.27. The van der Waals surface area contributed by atoms with Gasteiger partial charge in [0.1, 0.15) is 5.75 Å². The molecule has 0 saturated carbocycles. The van der Waals surface area contributed by atoms with Gasteiger partial charge in [0.15, 0.2) is 0 Å². The van der Waals surface area contributed by atoms with Crippen molar-refractivity contribution in [3.63, 3.8) is 0 Å². The van der Waals surface area contributed by atoms with Crippen LogP contribution in [0.1, 0.15) is 31.2 Å². The maximum atomic E-state index is 12.4. The van der Waals surface area contributed by atoms with E-state index in [-0.39, 0.29) is 42.5 Å². The number of rotatable bonds is 8. The SMILES string of the molecule is COc1cccc(CCCNC(=O)CCN2C(=O)[C@H]3CC=CC[C@H]3C2=O)c1. The van der Waals surface area contributed by atoms with Gasteiger partial charge in [0.05, 0.1) is 18.9 Å². The zero-order valence-electron chi connectivity index (χ0n) is 15.6. The van der Waals surface area contributed by atoms with Crippen molar-refractivity contribution < 1.29 is 19.1 Å². The monoisotopic (exact) mass is 370 g/mol. The Hall–Kier alpha value is -2.63. The number of fused-ring (bicyclic) bond motifs is 1. The van der Waals surface area contributed by atoms with Crippen molar-refractivity contribution in [2.24, 2.45) is 11.8 Å². The van der Waals surface area contributed by atoms with E-state index < -0.39 is 0 Å². The van der Waals surface area contributed by atoms with Crippen molar-refractivity contribution in [3.8, 4) is 5.75 Å². The van der Waals surface area contributed by atoms with Crippen LogP contribution in [0.5, 0.6) is 5.75 Å². The highest BCUT2D eigenvalue weighted by Crippen LogP contribution is 2.34. The van der Waals surface area contributed by atoms with E-state index in [0.29, 0.717) is 19.4 Å². The molecule has 1 aliphatic heterocycles. The third kappa shape index (κ3) is 4.56. The lowest BCUT2D eigenvalue weighted by molar-refractivity contribution is -0.140. The number of likely N-dealkylation sites (tertiary alicyclic amines) is 1. The molecule has 6 nitrogen and oxygen atoms in total. The molecule has 1 aromatic carbocycles. The van der Waals surface area contributed by atoms with Crippen LogP contribution < -0.4 is 10.1 Å². The summed E-state index contributed by atoms with van der Waals surface area (Å²) in [5, 5.41) is 2.87. The van der Waals surface area contributed by atoms with Gasteiger partial charge >= 0.3 is 0 Å². The quantitative estimate of drug-likeness (QED) is 0.432. The Bertz CT molecular complexity index is 717.